The second-order valence-electron chi connectivity index (χ2n) is 2.94. The van der Waals surface area contributed by atoms with Crippen molar-refractivity contribution in [1.82, 2.24) is 4.98 Å². The first kappa shape index (κ1) is 9.51. The van der Waals surface area contributed by atoms with Crippen LogP contribution in [0.2, 0.25) is 0 Å². The zero-order valence-corrected chi connectivity index (χ0v) is 9.78. The molecule has 0 unspecified atom stereocenters. The number of aromatic nitrogens is 1. The molecule has 0 saturated heterocycles. The molecule has 2 N–H and O–H groups in total. The van der Waals surface area contributed by atoms with Crippen molar-refractivity contribution in [1.29, 1.82) is 0 Å². The number of fused-ring (bicyclic) bond motifs is 1. The van der Waals surface area contributed by atoms with Crippen molar-refractivity contribution in [2.75, 3.05) is 12.8 Å². The third kappa shape index (κ3) is 1.61. The number of anilines is 1. The van der Waals surface area contributed by atoms with Crippen LogP contribution in [0.15, 0.2) is 24.4 Å². The number of pyridine rings is 1. The van der Waals surface area contributed by atoms with Gasteiger partial charge in [0, 0.05) is 21.2 Å². The molecule has 0 bridgehead atoms. The van der Waals surface area contributed by atoms with Gasteiger partial charge in [-0.3, -0.25) is 4.98 Å². The van der Waals surface area contributed by atoms with Crippen LogP contribution in [0.1, 0.15) is 0 Å². The Morgan fingerprint density at radius 3 is 2.86 bits per heavy atom. The second-order valence-corrected chi connectivity index (χ2v) is 4.19. The van der Waals surface area contributed by atoms with E-state index in [4.69, 9.17) is 10.5 Å². The molecule has 0 saturated carbocycles. The first-order valence-electron chi connectivity index (χ1n) is 4.09. The molecule has 1 aromatic carbocycles. The summed E-state index contributed by atoms with van der Waals surface area (Å²) >= 11 is 2.22. The largest absolute Gasteiger partial charge is 0.497 e. The Kier molecular flexibility index (Phi) is 2.45. The van der Waals surface area contributed by atoms with E-state index in [2.05, 4.69) is 27.6 Å². The van der Waals surface area contributed by atoms with Crippen LogP contribution in [0, 0.1) is 3.57 Å². The van der Waals surface area contributed by atoms with E-state index in [1.54, 1.807) is 19.4 Å². The normalized spacial score (nSPS) is 10.4. The zero-order valence-electron chi connectivity index (χ0n) is 7.62. The minimum absolute atomic E-state index is 0.649. The van der Waals surface area contributed by atoms with Gasteiger partial charge in [0.15, 0.2) is 0 Å². The number of nitrogens with two attached hydrogens (primary N) is 1. The average Bonchev–Trinajstić information content (AvgIpc) is 2.16. The van der Waals surface area contributed by atoms with Crippen LogP contribution in [-0.2, 0) is 0 Å². The molecule has 0 atom stereocenters. The Morgan fingerprint density at radius 2 is 2.14 bits per heavy atom. The van der Waals surface area contributed by atoms with E-state index < -0.39 is 0 Å². The number of ether oxygens (including phenoxy) is 1. The van der Waals surface area contributed by atoms with Crippen molar-refractivity contribution in [3.63, 3.8) is 0 Å². The van der Waals surface area contributed by atoms with Crippen molar-refractivity contribution in [3.8, 4) is 5.75 Å². The van der Waals surface area contributed by atoms with Gasteiger partial charge in [-0.1, -0.05) is 0 Å². The molecule has 0 aliphatic rings. The van der Waals surface area contributed by atoms with Crippen LogP contribution in [0.4, 0.5) is 5.69 Å². The van der Waals surface area contributed by atoms with Gasteiger partial charge in [-0.15, -0.1) is 0 Å². The molecular formula is C10H9IN2O. The molecule has 0 aliphatic heterocycles. The number of methoxy groups -OCH3 is 1. The van der Waals surface area contributed by atoms with Crippen LogP contribution >= 0.6 is 22.6 Å². The highest BCUT2D eigenvalue weighted by Crippen LogP contribution is 2.26. The summed E-state index contributed by atoms with van der Waals surface area (Å²) in [6.45, 7) is 0. The fourth-order valence-electron chi connectivity index (χ4n) is 1.34. The minimum atomic E-state index is 0.649. The van der Waals surface area contributed by atoms with Crippen LogP contribution in [-0.4, -0.2) is 12.1 Å². The summed E-state index contributed by atoms with van der Waals surface area (Å²) in [5.41, 5.74) is 7.31. The monoisotopic (exact) mass is 300 g/mol. The molecular weight excluding hydrogens is 291 g/mol. The first-order valence-corrected chi connectivity index (χ1v) is 5.17. The van der Waals surface area contributed by atoms with Crippen molar-refractivity contribution in [2.24, 2.45) is 0 Å². The summed E-state index contributed by atoms with van der Waals surface area (Å²) in [6, 6.07) is 5.74. The van der Waals surface area contributed by atoms with Crippen molar-refractivity contribution in [3.05, 3.63) is 28.0 Å². The lowest BCUT2D eigenvalue weighted by atomic mass is 10.2. The highest BCUT2D eigenvalue weighted by atomic mass is 127. The highest BCUT2D eigenvalue weighted by molar-refractivity contribution is 14.1. The molecule has 4 heteroatoms. The van der Waals surface area contributed by atoms with E-state index in [-0.39, 0.29) is 0 Å². The predicted molar refractivity (Wildman–Crippen MR) is 65.4 cm³/mol. The van der Waals surface area contributed by atoms with Gasteiger partial charge in [-0.05, 0) is 34.7 Å². The number of nitrogen functional groups attached to an aromatic ring is 1. The minimum Gasteiger partial charge on any atom is -0.497 e. The Hall–Kier alpha value is -1.04. The molecule has 1 aromatic heterocycles. The zero-order chi connectivity index (χ0) is 10.1. The molecule has 2 aromatic rings. The Labute approximate surface area is 95.4 Å². The van der Waals surface area contributed by atoms with E-state index in [1.807, 2.05) is 12.1 Å². The van der Waals surface area contributed by atoms with Gasteiger partial charge in [-0.2, -0.15) is 0 Å². The summed E-state index contributed by atoms with van der Waals surface area (Å²) in [6.07, 6.45) is 1.80. The quantitative estimate of drug-likeness (QED) is 0.650. The number of halogens is 1. The lowest BCUT2D eigenvalue weighted by Gasteiger charge is -2.05. The number of nitrogens with zero attached hydrogens (tertiary/aromatic N) is 1. The lowest BCUT2D eigenvalue weighted by molar-refractivity contribution is 0.415. The fourth-order valence-corrected chi connectivity index (χ4v) is 1.82. The van der Waals surface area contributed by atoms with E-state index in [0.717, 1.165) is 20.2 Å². The van der Waals surface area contributed by atoms with E-state index in [9.17, 15) is 0 Å². The van der Waals surface area contributed by atoms with Crippen molar-refractivity contribution in [2.45, 2.75) is 0 Å². The number of hydrogen-bond donors (Lipinski definition) is 1. The maximum absolute atomic E-state index is 5.84. The molecule has 0 aliphatic carbocycles. The van der Waals surface area contributed by atoms with Gasteiger partial charge in [0.2, 0.25) is 0 Å². The fraction of sp³-hybridized carbons (Fsp3) is 0.100. The summed E-state index contributed by atoms with van der Waals surface area (Å²) < 4.78 is 6.22. The van der Waals surface area contributed by atoms with Gasteiger partial charge in [0.25, 0.3) is 0 Å². The van der Waals surface area contributed by atoms with Crippen LogP contribution in [0.5, 0.6) is 5.75 Å². The summed E-state index contributed by atoms with van der Waals surface area (Å²) in [7, 11) is 1.63. The summed E-state index contributed by atoms with van der Waals surface area (Å²) in [5.74, 6) is 0.763. The topological polar surface area (TPSA) is 48.1 Å². The highest BCUT2D eigenvalue weighted by Gasteiger charge is 2.03. The molecule has 0 amide bonds. The number of rotatable bonds is 1. The van der Waals surface area contributed by atoms with E-state index in [1.165, 1.54) is 0 Å². The average molecular weight is 300 g/mol. The second kappa shape index (κ2) is 3.61. The van der Waals surface area contributed by atoms with Crippen LogP contribution < -0.4 is 10.5 Å². The van der Waals surface area contributed by atoms with E-state index in [0.29, 0.717) is 5.69 Å². The van der Waals surface area contributed by atoms with Crippen molar-refractivity contribution < 1.29 is 4.74 Å². The van der Waals surface area contributed by atoms with E-state index >= 15 is 0 Å². The first-order chi connectivity index (χ1) is 6.70. The standard InChI is InChI=1S/C10H9IN2O/c1-14-8-3-6-2-7(11)5-13-10(6)9(12)4-8/h2-5H,12H2,1H3. The Bertz CT molecular complexity index is 485. The van der Waals surface area contributed by atoms with Gasteiger partial charge < -0.3 is 10.5 Å². The maximum Gasteiger partial charge on any atom is 0.121 e. The Balaban J connectivity index is 2.77. The van der Waals surface area contributed by atoms with Gasteiger partial charge in [0.05, 0.1) is 18.3 Å². The maximum atomic E-state index is 5.84. The molecule has 0 spiro atoms. The molecule has 14 heavy (non-hydrogen) atoms. The van der Waals surface area contributed by atoms with Gasteiger partial charge in [0.1, 0.15) is 5.75 Å². The van der Waals surface area contributed by atoms with Gasteiger partial charge >= 0.3 is 0 Å². The van der Waals surface area contributed by atoms with Gasteiger partial charge in [-0.25, -0.2) is 0 Å². The molecule has 3 nitrogen and oxygen atoms in total. The predicted octanol–water partition coefficient (Wildman–Crippen LogP) is 2.43. The van der Waals surface area contributed by atoms with Crippen LogP contribution in [0.25, 0.3) is 10.9 Å². The lowest BCUT2D eigenvalue weighted by Crippen LogP contribution is -1.92. The van der Waals surface area contributed by atoms with Crippen LogP contribution in [0.3, 0.4) is 0 Å². The summed E-state index contributed by atoms with van der Waals surface area (Å²) in [5, 5.41) is 1.01. The number of benzene rings is 1. The SMILES string of the molecule is COc1cc(N)c2ncc(I)cc2c1. The smallest absolute Gasteiger partial charge is 0.121 e. The molecule has 2 rings (SSSR count). The summed E-state index contributed by atoms with van der Waals surface area (Å²) in [4.78, 5) is 4.27. The molecule has 0 fully saturated rings. The molecule has 72 valence electrons. The van der Waals surface area contributed by atoms with Crippen molar-refractivity contribution >= 4 is 39.2 Å². The third-order valence-corrected chi connectivity index (χ3v) is 2.58. The third-order valence-electron chi connectivity index (χ3n) is 1.99. The molecule has 1 heterocycles. The molecule has 0 radical (unpaired) electrons. The Morgan fingerprint density at radius 1 is 1.36 bits per heavy atom. The number of hydrogen-bond acceptors (Lipinski definition) is 3.